The summed E-state index contributed by atoms with van der Waals surface area (Å²) in [6, 6.07) is 2.55. The highest BCUT2D eigenvalue weighted by Crippen LogP contribution is 2.24. The molecule has 0 amide bonds. The molecule has 2 aromatic heterocycles. The van der Waals surface area contributed by atoms with E-state index in [2.05, 4.69) is 47.5 Å². The second-order valence-corrected chi connectivity index (χ2v) is 6.13. The monoisotopic (exact) mass is 263 g/mol. The van der Waals surface area contributed by atoms with Gasteiger partial charge in [-0.05, 0) is 30.7 Å². The first-order valence-electron chi connectivity index (χ1n) is 6.61. The van der Waals surface area contributed by atoms with E-state index in [1.165, 1.54) is 19.3 Å². The Labute approximate surface area is 113 Å². The van der Waals surface area contributed by atoms with Crippen LogP contribution in [0.5, 0.6) is 0 Å². The fourth-order valence-electron chi connectivity index (χ4n) is 2.04. The van der Waals surface area contributed by atoms with Crippen LogP contribution in [0.3, 0.4) is 0 Å². The van der Waals surface area contributed by atoms with Gasteiger partial charge < -0.3 is 5.32 Å². The SMILES string of the molecule is CC(C)CCCC(C)Nc1ncnc2sccc12. The van der Waals surface area contributed by atoms with Gasteiger partial charge in [-0.15, -0.1) is 11.3 Å². The zero-order valence-corrected chi connectivity index (χ0v) is 12.1. The van der Waals surface area contributed by atoms with Crippen LogP contribution in [0.25, 0.3) is 10.2 Å². The molecule has 0 aromatic carbocycles. The van der Waals surface area contributed by atoms with Crippen LogP contribution in [-0.4, -0.2) is 16.0 Å². The van der Waals surface area contributed by atoms with Crippen molar-refractivity contribution in [1.29, 1.82) is 0 Å². The number of aromatic nitrogens is 2. The van der Waals surface area contributed by atoms with Crippen molar-refractivity contribution >= 4 is 27.4 Å². The van der Waals surface area contributed by atoms with Crippen molar-refractivity contribution in [2.24, 2.45) is 5.92 Å². The first-order valence-corrected chi connectivity index (χ1v) is 7.49. The third-order valence-corrected chi connectivity index (χ3v) is 3.88. The third-order valence-electron chi connectivity index (χ3n) is 3.06. The smallest absolute Gasteiger partial charge is 0.138 e. The number of nitrogens with zero attached hydrogens (tertiary/aromatic N) is 2. The Balaban J connectivity index is 1.94. The number of thiophene rings is 1. The molecule has 4 heteroatoms. The minimum atomic E-state index is 0.460. The largest absolute Gasteiger partial charge is 0.367 e. The molecule has 0 radical (unpaired) electrons. The maximum atomic E-state index is 4.35. The van der Waals surface area contributed by atoms with Gasteiger partial charge in [-0.3, -0.25) is 0 Å². The van der Waals surface area contributed by atoms with E-state index in [1.54, 1.807) is 17.7 Å². The predicted octanol–water partition coefficient (Wildman–Crippen LogP) is 4.32. The maximum absolute atomic E-state index is 4.35. The van der Waals surface area contributed by atoms with Gasteiger partial charge >= 0.3 is 0 Å². The predicted molar refractivity (Wildman–Crippen MR) is 79.2 cm³/mol. The molecule has 0 bridgehead atoms. The molecular formula is C14H21N3S. The zero-order valence-electron chi connectivity index (χ0n) is 11.3. The first kappa shape index (κ1) is 13.3. The van der Waals surface area contributed by atoms with E-state index in [9.17, 15) is 0 Å². The topological polar surface area (TPSA) is 37.8 Å². The summed E-state index contributed by atoms with van der Waals surface area (Å²) >= 11 is 1.66. The molecule has 0 spiro atoms. The highest BCUT2D eigenvalue weighted by molar-refractivity contribution is 7.16. The molecule has 0 saturated carbocycles. The highest BCUT2D eigenvalue weighted by Gasteiger charge is 2.08. The molecule has 0 aliphatic carbocycles. The summed E-state index contributed by atoms with van der Waals surface area (Å²) in [4.78, 5) is 9.67. The van der Waals surface area contributed by atoms with E-state index in [4.69, 9.17) is 0 Å². The Kier molecular flexibility index (Phi) is 4.53. The van der Waals surface area contributed by atoms with Crippen LogP contribution in [-0.2, 0) is 0 Å². The number of fused-ring (bicyclic) bond motifs is 1. The van der Waals surface area contributed by atoms with Gasteiger partial charge in [-0.25, -0.2) is 9.97 Å². The fraction of sp³-hybridized carbons (Fsp3) is 0.571. The Bertz CT molecular complexity index is 492. The minimum absolute atomic E-state index is 0.460. The highest BCUT2D eigenvalue weighted by atomic mass is 32.1. The lowest BCUT2D eigenvalue weighted by molar-refractivity contribution is 0.520. The van der Waals surface area contributed by atoms with Gasteiger partial charge in [-0.2, -0.15) is 0 Å². The van der Waals surface area contributed by atoms with Crippen molar-refractivity contribution < 1.29 is 0 Å². The summed E-state index contributed by atoms with van der Waals surface area (Å²) in [7, 11) is 0. The quantitative estimate of drug-likeness (QED) is 0.843. The van der Waals surface area contributed by atoms with Crippen molar-refractivity contribution in [3.8, 4) is 0 Å². The summed E-state index contributed by atoms with van der Waals surface area (Å²) in [5.74, 6) is 1.76. The molecule has 2 aromatic rings. The van der Waals surface area contributed by atoms with Gasteiger partial charge in [0.1, 0.15) is 17.0 Å². The molecular weight excluding hydrogens is 242 g/mol. The second-order valence-electron chi connectivity index (χ2n) is 5.23. The van der Waals surface area contributed by atoms with Crippen LogP contribution < -0.4 is 5.32 Å². The van der Waals surface area contributed by atoms with Gasteiger partial charge in [0.05, 0.1) is 5.39 Å². The normalized spacial score (nSPS) is 13.1. The van der Waals surface area contributed by atoms with Gasteiger partial charge in [0.2, 0.25) is 0 Å². The maximum Gasteiger partial charge on any atom is 0.138 e. The minimum Gasteiger partial charge on any atom is -0.367 e. The zero-order chi connectivity index (χ0) is 13.0. The van der Waals surface area contributed by atoms with E-state index < -0.39 is 0 Å². The lowest BCUT2D eigenvalue weighted by Crippen LogP contribution is -2.16. The van der Waals surface area contributed by atoms with Crippen LogP contribution in [0.2, 0.25) is 0 Å². The molecule has 0 saturated heterocycles. The van der Waals surface area contributed by atoms with Crippen LogP contribution in [0.4, 0.5) is 5.82 Å². The average molecular weight is 263 g/mol. The van der Waals surface area contributed by atoms with Crippen LogP contribution >= 0.6 is 11.3 Å². The molecule has 1 atom stereocenters. The van der Waals surface area contributed by atoms with E-state index in [0.29, 0.717) is 6.04 Å². The molecule has 0 fully saturated rings. The van der Waals surface area contributed by atoms with Crippen molar-refractivity contribution in [1.82, 2.24) is 9.97 Å². The average Bonchev–Trinajstić information content (AvgIpc) is 2.77. The Morgan fingerprint density at radius 1 is 1.22 bits per heavy atom. The van der Waals surface area contributed by atoms with Gasteiger partial charge in [-0.1, -0.05) is 26.7 Å². The Morgan fingerprint density at radius 3 is 2.83 bits per heavy atom. The molecule has 0 aliphatic heterocycles. The molecule has 2 heterocycles. The van der Waals surface area contributed by atoms with Crippen molar-refractivity contribution in [3.63, 3.8) is 0 Å². The second kappa shape index (κ2) is 6.14. The van der Waals surface area contributed by atoms with Crippen LogP contribution in [0, 0.1) is 5.92 Å². The number of nitrogens with one attached hydrogen (secondary N) is 1. The van der Waals surface area contributed by atoms with E-state index in [-0.39, 0.29) is 0 Å². The molecule has 1 unspecified atom stereocenters. The van der Waals surface area contributed by atoms with Gasteiger partial charge in [0.15, 0.2) is 0 Å². The lowest BCUT2D eigenvalue weighted by Gasteiger charge is -2.15. The summed E-state index contributed by atoms with van der Waals surface area (Å²) < 4.78 is 0. The van der Waals surface area contributed by atoms with Gasteiger partial charge in [0.25, 0.3) is 0 Å². The van der Waals surface area contributed by atoms with Crippen LogP contribution in [0.1, 0.15) is 40.0 Å². The molecule has 0 aliphatic rings. The van der Waals surface area contributed by atoms with E-state index >= 15 is 0 Å². The number of hydrogen-bond donors (Lipinski definition) is 1. The summed E-state index contributed by atoms with van der Waals surface area (Å²) in [6.07, 6.45) is 5.39. The fourth-order valence-corrected chi connectivity index (χ4v) is 2.78. The van der Waals surface area contributed by atoms with Crippen molar-refractivity contribution in [3.05, 3.63) is 17.8 Å². The standard InChI is InChI=1S/C14H21N3S/c1-10(2)5-4-6-11(3)17-13-12-7-8-18-14(12)16-9-15-13/h7-11H,4-6H2,1-3H3,(H,15,16,17). The van der Waals surface area contributed by atoms with Crippen molar-refractivity contribution in [2.45, 2.75) is 46.1 Å². The molecule has 98 valence electrons. The number of anilines is 1. The van der Waals surface area contributed by atoms with E-state index in [1.807, 2.05) is 0 Å². The number of rotatable bonds is 6. The van der Waals surface area contributed by atoms with Crippen LogP contribution in [0.15, 0.2) is 17.8 Å². The molecule has 3 nitrogen and oxygen atoms in total. The molecule has 2 rings (SSSR count). The Morgan fingerprint density at radius 2 is 2.06 bits per heavy atom. The van der Waals surface area contributed by atoms with E-state index in [0.717, 1.165) is 22.0 Å². The third kappa shape index (κ3) is 3.42. The summed E-state index contributed by atoms with van der Waals surface area (Å²) in [6.45, 7) is 6.77. The molecule has 18 heavy (non-hydrogen) atoms. The lowest BCUT2D eigenvalue weighted by atomic mass is 10.0. The summed E-state index contributed by atoms with van der Waals surface area (Å²) in [5.41, 5.74) is 0. The Hall–Kier alpha value is -1.16. The van der Waals surface area contributed by atoms with Crippen molar-refractivity contribution in [2.75, 3.05) is 5.32 Å². The first-order chi connectivity index (χ1) is 8.66. The number of hydrogen-bond acceptors (Lipinski definition) is 4. The molecule has 1 N–H and O–H groups in total. The van der Waals surface area contributed by atoms with Gasteiger partial charge in [0, 0.05) is 6.04 Å². The summed E-state index contributed by atoms with van der Waals surface area (Å²) in [5, 5.41) is 6.70.